The Kier molecular flexibility index (Phi) is 3.48. The second-order valence-electron chi connectivity index (χ2n) is 6.09. The highest BCUT2D eigenvalue weighted by Gasteiger charge is 2.35. The van der Waals surface area contributed by atoms with Gasteiger partial charge in [0.1, 0.15) is 0 Å². The van der Waals surface area contributed by atoms with Crippen LogP contribution in [0.3, 0.4) is 0 Å². The lowest BCUT2D eigenvalue weighted by Crippen LogP contribution is -2.31. The van der Waals surface area contributed by atoms with E-state index in [1.54, 1.807) is 18.3 Å². The van der Waals surface area contributed by atoms with Gasteiger partial charge in [-0.25, -0.2) is 0 Å². The lowest BCUT2D eigenvalue weighted by Gasteiger charge is -2.23. The number of hydrogen-bond acceptors (Lipinski definition) is 5. The Bertz CT molecular complexity index is 706. The zero-order valence-electron chi connectivity index (χ0n) is 12.7. The van der Waals surface area contributed by atoms with E-state index in [9.17, 15) is 4.79 Å². The van der Waals surface area contributed by atoms with Crippen molar-refractivity contribution < 1.29 is 9.32 Å². The highest BCUT2D eigenvalue weighted by Crippen LogP contribution is 2.35. The zero-order chi connectivity index (χ0) is 15.1. The van der Waals surface area contributed by atoms with Crippen molar-refractivity contribution in [2.75, 3.05) is 6.54 Å². The molecule has 1 amide bonds. The summed E-state index contributed by atoms with van der Waals surface area (Å²) in [5.41, 5.74) is 2.20. The molecule has 2 aliphatic rings. The normalized spacial score (nSPS) is 21.1. The minimum Gasteiger partial charge on any atom is -0.340 e. The Labute approximate surface area is 133 Å². The Morgan fingerprint density at radius 1 is 1.36 bits per heavy atom. The number of aryl methyl sites for hydroxylation is 2. The SMILES string of the molecule is Cc1nc([C@H]2CCCN2C(=O)c2csc3c2CCCC3)no1. The summed E-state index contributed by atoms with van der Waals surface area (Å²) in [6.07, 6.45) is 6.51. The summed E-state index contributed by atoms with van der Waals surface area (Å²) < 4.78 is 5.09. The molecule has 0 N–H and O–H groups in total. The van der Waals surface area contributed by atoms with E-state index in [1.807, 2.05) is 4.90 Å². The summed E-state index contributed by atoms with van der Waals surface area (Å²) in [7, 11) is 0. The van der Waals surface area contributed by atoms with Gasteiger partial charge >= 0.3 is 0 Å². The molecule has 0 saturated carbocycles. The van der Waals surface area contributed by atoms with Crippen LogP contribution in [0, 0.1) is 6.92 Å². The van der Waals surface area contributed by atoms with Gasteiger partial charge in [-0.05, 0) is 44.1 Å². The molecule has 1 atom stereocenters. The van der Waals surface area contributed by atoms with Crippen molar-refractivity contribution in [3.05, 3.63) is 33.1 Å². The van der Waals surface area contributed by atoms with Crippen LogP contribution in [0.2, 0.25) is 0 Å². The number of hydrogen-bond donors (Lipinski definition) is 0. The van der Waals surface area contributed by atoms with Crippen LogP contribution >= 0.6 is 11.3 Å². The van der Waals surface area contributed by atoms with Crippen LogP contribution in [0.1, 0.15) is 64.2 Å². The highest BCUT2D eigenvalue weighted by atomic mass is 32.1. The number of aromatic nitrogens is 2. The predicted octanol–water partition coefficient (Wildman–Crippen LogP) is 3.30. The fourth-order valence-corrected chi connectivity index (χ4v) is 4.68. The summed E-state index contributed by atoms with van der Waals surface area (Å²) in [5.74, 6) is 1.35. The number of thiophene rings is 1. The molecule has 1 aliphatic heterocycles. The largest absolute Gasteiger partial charge is 0.340 e. The van der Waals surface area contributed by atoms with Gasteiger partial charge in [-0.1, -0.05) is 5.16 Å². The molecule has 22 heavy (non-hydrogen) atoms. The molecular weight excluding hydrogens is 298 g/mol. The Balaban J connectivity index is 1.63. The zero-order valence-corrected chi connectivity index (χ0v) is 13.5. The van der Waals surface area contributed by atoms with Crippen LogP contribution < -0.4 is 0 Å². The smallest absolute Gasteiger partial charge is 0.255 e. The van der Waals surface area contributed by atoms with Crippen LogP contribution in [0.15, 0.2) is 9.90 Å². The first kappa shape index (κ1) is 13.9. The van der Waals surface area contributed by atoms with Crippen LogP contribution in [-0.2, 0) is 12.8 Å². The summed E-state index contributed by atoms with van der Waals surface area (Å²) in [4.78, 5) is 20.7. The molecule has 1 aliphatic carbocycles. The molecular formula is C16H19N3O2S. The number of carbonyl (C=O) groups is 1. The van der Waals surface area contributed by atoms with E-state index in [-0.39, 0.29) is 11.9 Å². The van der Waals surface area contributed by atoms with E-state index in [4.69, 9.17) is 4.52 Å². The molecule has 2 aromatic heterocycles. The average molecular weight is 317 g/mol. The molecule has 3 heterocycles. The second kappa shape index (κ2) is 5.50. The minimum absolute atomic E-state index is 0.0379. The summed E-state index contributed by atoms with van der Waals surface area (Å²) >= 11 is 1.74. The first-order chi connectivity index (χ1) is 10.7. The van der Waals surface area contributed by atoms with Gasteiger partial charge in [-0.2, -0.15) is 4.98 Å². The summed E-state index contributed by atoms with van der Waals surface area (Å²) in [6.45, 7) is 2.56. The molecule has 6 heteroatoms. The molecule has 0 spiro atoms. The van der Waals surface area contributed by atoms with Crippen molar-refractivity contribution in [3.8, 4) is 0 Å². The Hall–Kier alpha value is -1.69. The van der Waals surface area contributed by atoms with Crippen LogP contribution in [0.5, 0.6) is 0 Å². The molecule has 1 fully saturated rings. The van der Waals surface area contributed by atoms with Gasteiger partial charge in [0.15, 0.2) is 5.82 Å². The lowest BCUT2D eigenvalue weighted by molar-refractivity contribution is 0.0727. The van der Waals surface area contributed by atoms with Crippen molar-refractivity contribution in [2.45, 2.75) is 51.5 Å². The molecule has 2 aromatic rings. The minimum atomic E-state index is -0.0379. The van der Waals surface area contributed by atoms with Crippen LogP contribution in [0.25, 0.3) is 0 Å². The third-order valence-corrected chi connectivity index (χ3v) is 5.74. The molecule has 0 bridgehead atoms. The van der Waals surface area contributed by atoms with E-state index in [2.05, 4.69) is 15.5 Å². The topological polar surface area (TPSA) is 59.2 Å². The average Bonchev–Trinajstić information content (AvgIpc) is 3.25. The predicted molar refractivity (Wildman–Crippen MR) is 83.0 cm³/mol. The third kappa shape index (κ3) is 2.26. The Morgan fingerprint density at radius 2 is 2.23 bits per heavy atom. The van der Waals surface area contributed by atoms with Gasteiger partial charge in [0.25, 0.3) is 5.91 Å². The van der Waals surface area contributed by atoms with E-state index in [0.29, 0.717) is 11.7 Å². The van der Waals surface area contributed by atoms with Crippen LogP contribution in [0.4, 0.5) is 0 Å². The molecule has 0 unspecified atom stereocenters. The third-order valence-electron chi connectivity index (χ3n) is 4.65. The molecule has 0 aromatic carbocycles. The molecule has 4 rings (SSSR count). The standard InChI is InChI=1S/C16H19N3O2S/c1-10-17-15(18-21-10)13-6-4-8-19(13)16(20)12-9-22-14-7-3-2-5-11(12)14/h9,13H,2-8H2,1H3/t13-/m1/s1. The molecule has 116 valence electrons. The number of fused-ring (bicyclic) bond motifs is 1. The van der Waals surface area contributed by atoms with Gasteiger partial charge in [0.05, 0.1) is 11.6 Å². The van der Waals surface area contributed by atoms with Crippen molar-refractivity contribution in [2.24, 2.45) is 0 Å². The van der Waals surface area contributed by atoms with Crippen molar-refractivity contribution in [3.63, 3.8) is 0 Å². The number of nitrogens with zero attached hydrogens (tertiary/aromatic N) is 3. The fourth-order valence-electron chi connectivity index (χ4n) is 3.56. The first-order valence-corrected chi connectivity index (χ1v) is 8.82. The van der Waals surface area contributed by atoms with E-state index >= 15 is 0 Å². The first-order valence-electron chi connectivity index (χ1n) is 7.94. The molecule has 1 saturated heterocycles. The molecule has 0 radical (unpaired) electrons. The molecule has 5 nitrogen and oxygen atoms in total. The van der Waals surface area contributed by atoms with Crippen molar-refractivity contribution in [1.29, 1.82) is 0 Å². The highest BCUT2D eigenvalue weighted by molar-refractivity contribution is 7.10. The number of rotatable bonds is 2. The number of carbonyl (C=O) groups excluding carboxylic acids is 1. The lowest BCUT2D eigenvalue weighted by atomic mass is 9.95. The number of likely N-dealkylation sites (tertiary alicyclic amines) is 1. The maximum absolute atomic E-state index is 13.0. The summed E-state index contributed by atoms with van der Waals surface area (Å²) in [5, 5.41) is 6.07. The maximum atomic E-state index is 13.0. The van der Waals surface area contributed by atoms with E-state index in [1.165, 1.54) is 23.3 Å². The monoisotopic (exact) mass is 317 g/mol. The maximum Gasteiger partial charge on any atom is 0.255 e. The van der Waals surface area contributed by atoms with Gasteiger partial charge in [-0.15, -0.1) is 11.3 Å². The fraction of sp³-hybridized carbons (Fsp3) is 0.562. The van der Waals surface area contributed by atoms with E-state index < -0.39 is 0 Å². The number of amides is 1. The van der Waals surface area contributed by atoms with Crippen molar-refractivity contribution >= 4 is 17.2 Å². The second-order valence-corrected chi connectivity index (χ2v) is 7.05. The van der Waals surface area contributed by atoms with Gasteiger partial charge in [-0.3, -0.25) is 4.79 Å². The quantitative estimate of drug-likeness (QED) is 0.853. The van der Waals surface area contributed by atoms with Crippen LogP contribution in [-0.4, -0.2) is 27.5 Å². The Morgan fingerprint density at radius 3 is 3.05 bits per heavy atom. The van der Waals surface area contributed by atoms with Gasteiger partial charge in [0.2, 0.25) is 5.89 Å². The van der Waals surface area contributed by atoms with Crippen molar-refractivity contribution in [1.82, 2.24) is 15.0 Å². The van der Waals surface area contributed by atoms with E-state index in [0.717, 1.165) is 37.8 Å². The van der Waals surface area contributed by atoms with Gasteiger partial charge < -0.3 is 9.42 Å². The summed E-state index contributed by atoms with van der Waals surface area (Å²) in [6, 6.07) is -0.0379. The van der Waals surface area contributed by atoms with Gasteiger partial charge in [0, 0.05) is 23.7 Å².